The first-order valence-corrected chi connectivity index (χ1v) is 4.88. The Hall–Kier alpha value is -0.490. The van der Waals surface area contributed by atoms with Crippen LogP contribution in [0.4, 0.5) is 0 Å². The molecule has 0 amide bonds. The predicted octanol–water partition coefficient (Wildman–Crippen LogP) is 0.377. The maximum atomic E-state index is 10.1. The van der Waals surface area contributed by atoms with E-state index >= 15 is 0 Å². The molecule has 0 spiro atoms. The van der Waals surface area contributed by atoms with Crippen molar-refractivity contribution in [1.29, 1.82) is 0 Å². The van der Waals surface area contributed by atoms with Crippen LogP contribution in [0.3, 0.4) is 0 Å². The van der Waals surface area contributed by atoms with Crippen LogP contribution in [-0.4, -0.2) is 35.9 Å². The molecule has 1 aliphatic heterocycles. The number of hydrogen-bond donors (Lipinski definition) is 1. The van der Waals surface area contributed by atoms with Gasteiger partial charge in [0.25, 0.3) is 0 Å². The third-order valence-electron chi connectivity index (χ3n) is 1.95. The molecule has 1 aliphatic rings. The second kappa shape index (κ2) is 3.71. The van der Waals surface area contributed by atoms with Gasteiger partial charge in [0.2, 0.25) is 0 Å². The minimum atomic E-state index is -1.00. The van der Waals surface area contributed by atoms with Crippen molar-refractivity contribution in [2.45, 2.75) is 5.60 Å². The van der Waals surface area contributed by atoms with Gasteiger partial charge in [-0.1, -0.05) is 0 Å². The topological polar surface area (TPSA) is 51.6 Å². The molecule has 0 saturated carbocycles. The predicted molar refractivity (Wildman–Crippen MR) is 47.6 cm³/mol. The SMILES string of the molecule is OC1(c2ccns2)COCCOC1. The fourth-order valence-corrected chi connectivity index (χ4v) is 1.88. The standard InChI is InChI=1S/C8H11NO3S/c10-8(7-1-2-9-13-7)5-11-3-4-12-6-8/h1-2,10H,3-6H2. The fraction of sp³-hybridized carbons (Fsp3) is 0.625. The Labute approximate surface area is 80.3 Å². The molecule has 1 saturated heterocycles. The number of aliphatic hydroxyl groups is 1. The number of ether oxygens (including phenoxy) is 2. The highest BCUT2D eigenvalue weighted by atomic mass is 32.1. The first-order valence-electron chi connectivity index (χ1n) is 4.10. The maximum Gasteiger partial charge on any atom is 0.147 e. The van der Waals surface area contributed by atoms with Crippen molar-refractivity contribution in [3.8, 4) is 0 Å². The van der Waals surface area contributed by atoms with Crippen LogP contribution >= 0.6 is 11.5 Å². The summed E-state index contributed by atoms with van der Waals surface area (Å²) in [5.41, 5.74) is -1.00. The van der Waals surface area contributed by atoms with Gasteiger partial charge >= 0.3 is 0 Å². The zero-order chi connectivity index (χ0) is 9.15. The first-order chi connectivity index (χ1) is 6.31. The van der Waals surface area contributed by atoms with E-state index in [0.717, 1.165) is 4.88 Å². The van der Waals surface area contributed by atoms with E-state index in [-0.39, 0.29) is 13.2 Å². The summed E-state index contributed by atoms with van der Waals surface area (Å²) in [6.45, 7) is 1.66. The van der Waals surface area contributed by atoms with Gasteiger partial charge in [0, 0.05) is 6.20 Å². The molecule has 2 rings (SSSR count). The fourth-order valence-electron chi connectivity index (χ4n) is 1.24. The van der Waals surface area contributed by atoms with Gasteiger partial charge < -0.3 is 14.6 Å². The molecule has 5 heteroatoms. The van der Waals surface area contributed by atoms with Gasteiger partial charge in [0.15, 0.2) is 0 Å². The summed E-state index contributed by atoms with van der Waals surface area (Å²) in [4.78, 5) is 0.800. The minimum absolute atomic E-state index is 0.287. The molecule has 0 aromatic carbocycles. The Bertz CT molecular complexity index is 254. The lowest BCUT2D eigenvalue weighted by atomic mass is 10.1. The van der Waals surface area contributed by atoms with Crippen LogP contribution in [0, 0.1) is 0 Å². The number of rotatable bonds is 1. The van der Waals surface area contributed by atoms with Crippen LogP contribution in [-0.2, 0) is 15.1 Å². The maximum absolute atomic E-state index is 10.1. The molecule has 4 nitrogen and oxygen atoms in total. The van der Waals surface area contributed by atoms with E-state index < -0.39 is 5.60 Å². The minimum Gasteiger partial charge on any atom is -0.379 e. The molecule has 72 valence electrons. The normalized spacial score (nSPS) is 22.5. The quantitative estimate of drug-likeness (QED) is 0.713. The van der Waals surface area contributed by atoms with E-state index in [4.69, 9.17) is 9.47 Å². The second-order valence-electron chi connectivity index (χ2n) is 3.01. The summed E-state index contributed by atoms with van der Waals surface area (Å²) < 4.78 is 14.4. The molecule has 1 aromatic rings. The Morgan fingerprint density at radius 1 is 1.38 bits per heavy atom. The average Bonchev–Trinajstić information content (AvgIpc) is 2.57. The van der Waals surface area contributed by atoms with Crippen molar-refractivity contribution in [2.75, 3.05) is 26.4 Å². The van der Waals surface area contributed by atoms with E-state index in [0.29, 0.717) is 13.2 Å². The third kappa shape index (κ3) is 1.88. The molecule has 0 atom stereocenters. The van der Waals surface area contributed by atoms with Gasteiger partial charge in [0.1, 0.15) is 5.60 Å². The molecule has 1 N–H and O–H groups in total. The first kappa shape index (κ1) is 9.08. The summed E-state index contributed by atoms with van der Waals surface area (Å²) >= 11 is 1.28. The largest absolute Gasteiger partial charge is 0.379 e. The van der Waals surface area contributed by atoms with Gasteiger partial charge in [-0.25, -0.2) is 4.37 Å². The van der Waals surface area contributed by atoms with Crippen LogP contribution in [0.2, 0.25) is 0 Å². The lowest BCUT2D eigenvalue weighted by Gasteiger charge is -2.22. The molecule has 13 heavy (non-hydrogen) atoms. The van der Waals surface area contributed by atoms with Gasteiger partial charge in [-0.05, 0) is 17.6 Å². The van der Waals surface area contributed by atoms with Crippen LogP contribution in [0.1, 0.15) is 4.88 Å². The second-order valence-corrected chi connectivity index (χ2v) is 3.85. The summed E-state index contributed by atoms with van der Waals surface area (Å²) in [5, 5.41) is 10.1. The molecule has 0 bridgehead atoms. The molecule has 0 unspecified atom stereocenters. The highest BCUT2D eigenvalue weighted by Gasteiger charge is 2.33. The van der Waals surface area contributed by atoms with E-state index in [2.05, 4.69) is 4.37 Å². The van der Waals surface area contributed by atoms with E-state index in [1.807, 2.05) is 0 Å². The monoisotopic (exact) mass is 201 g/mol. The van der Waals surface area contributed by atoms with Crippen molar-refractivity contribution < 1.29 is 14.6 Å². The van der Waals surface area contributed by atoms with Crippen molar-refractivity contribution in [2.24, 2.45) is 0 Å². The lowest BCUT2D eigenvalue weighted by Crippen LogP contribution is -2.33. The number of hydrogen-bond acceptors (Lipinski definition) is 5. The van der Waals surface area contributed by atoms with Crippen LogP contribution in [0.5, 0.6) is 0 Å². The van der Waals surface area contributed by atoms with Crippen LogP contribution in [0.25, 0.3) is 0 Å². The number of nitrogens with zero attached hydrogens (tertiary/aromatic N) is 1. The Kier molecular flexibility index (Phi) is 2.59. The van der Waals surface area contributed by atoms with Crippen molar-refractivity contribution in [3.05, 3.63) is 17.1 Å². The summed E-state index contributed by atoms with van der Waals surface area (Å²) in [6.07, 6.45) is 1.67. The van der Waals surface area contributed by atoms with Crippen LogP contribution < -0.4 is 0 Å². The molecular formula is C8H11NO3S. The Morgan fingerprint density at radius 3 is 2.62 bits per heavy atom. The van der Waals surface area contributed by atoms with Gasteiger partial charge in [-0.2, -0.15) is 0 Å². The van der Waals surface area contributed by atoms with Crippen molar-refractivity contribution in [1.82, 2.24) is 4.37 Å². The summed E-state index contributed by atoms with van der Waals surface area (Å²) in [7, 11) is 0. The molecule has 1 fully saturated rings. The molecule has 0 aliphatic carbocycles. The Morgan fingerprint density at radius 2 is 2.08 bits per heavy atom. The van der Waals surface area contributed by atoms with Gasteiger partial charge in [0.05, 0.1) is 31.3 Å². The van der Waals surface area contributed by atoms with Crippen molar-refractivity contribution >= 4 is 11.5 Å². The lowest BCUT2D eigenvalue weighted by molar-refractivity contribution is -0.0573. The van der Waals surface area contributed by atoms with Gasteiger partial charge in [-0.3, -0.25) is 0 Å². The smallest absolute Gasteiger partial charge is 0.147 e. The van der Waals surface area contributed by atoms with Crippen molar-refractivity contribution in [3.63, 3.8) is 0 Å². The highest BCUT2D eigenvalue weighted by Crippen LogP contribution is 2.26. The Balaban J connectivity index is 2.17. The zero-order valence-electron chi connectivity index (χ0n) is 7.10. The molecule has 1 aromatic heterocycles. The zero-order valence-corrected chi connectivity index (χ0v) is 7.92. The summed E-state index contributed by atoms with van der Waals surface area (Å²) in [5.74, 6) is 0. The van der Waals surface area contributed by atoms with E-state index in [9.17, 15) is 5.11 Å². The third-order valence-corrected chi connectivity index (χ3v) is 2.89. The number of aromatic nitrogens is 1. The molecule has 2 heterocycles. The van der Waals surface area contributed by atoms with E-state index in [1.54, 1.807) is 12.3 Å². The van der Waals surface area contributed by atoms with E-state index in [1.165, 1.54) is 11.5 Å². The summed E-state index contributed by atoms with van der Waals surface area (Å²) in [6, 6.07) is 1.79. The van der Waals surface area contributed by atoms with Gasteiger partial charge in [-0.15, -0.1) is 0 Å². The average molecular weight is 201 g/mol. The molecule has 0 radical (unpaired) electrons. The molecular weight excluding hydrogens is 190 g/mol. The van der Waals surface area contributed by atoms with Crippen LogP contribution in [0.15, 0.2) is 12.3 Å². The highest BCUT2D eigenvalue weighted by molar-refractivity contribution is 7.05.